The third-order valence-corrected chi connectivity index (χ3v) is 4.04. The molecule has 2 aromatic carbocycles. The Balaban J connectivity index is 2.10. The number of hydrogen-bond acceptors (Lipinski definition) is 5. The van der Waals surface area contributed by atoms with Crippen LogP contribution in [0.25, 0.3) is 10.9 Å². The number of pyridine rings is 1. The lowest BCUT2D eigenvalue weighted by Crippen LogP contribution is -2.03. The van der Waals surface area contributed by atoms with Crippen molar-refractivity contribution in [1.82, 2.24) is 4.98 Å². The van der Waals surface area contributed by atoms with Gasteiger partial charge >= 0.3 is 0 Å². The highest BCUT2D eigenvalue weighted by atomic mass is 16.5. The molecule has 2 N–H and O–H groups in total. The number of benzene rings is 2. The molecule has 5 nitrogen and oxygen atoms in total. The molecule has 1 aromatic heterocycles. The molecular weight excluding hydrogens is 304 g/mol. The van der Waals surface area contributed by atoms with Gasteiger partial charge in [0.25, 0.3) is 0 Å². The number of nitrogen functional groups attached to an aromatic ring is 1. The number of fused-ring (bicyclic) bond motifs is 1. The zero-order valence-corrected chi connectivity index (χ0v) is 14.0. The van der Waals surface area contributed by atoms with Crippen LogP contribution in [0.15, 0.2) is 42.5 Å². The minimum atomic E-state index is 0.472. The molecule has 0 saturated carbocycles. The Morgan fingerprint density at radius 3 is 2.08 bits per heavy atom. The fourth-order valence-corrected chi connectivity index (χ4v) is 2.83. The molecule has 5 heteroatoms. The minimum Gasteiger partial charge on any atom is -0.496 e. The molecule has 0 aliphatic rings. The maximum atomic E-state index is 6.19. The summed E-state index contributed by atoms with van der Waals surface area (Å²) >= 11 is 0. The molecule has 0 bridgehead atoms. The van der Waals surface area contributed by atoms with E-state index in [4.69, 9.17) is 19.9 Å². The third kappa shape index (κ3) is 2.80. The molecule has 0 amide bonds. The van der Waals surface area contributed by atoms with E-state index in [-0.39, 0.29) is 0 Å². The maximum Gasteiger partial charge on any atom is 0.145 e. The molecule has 1 heterocycles. The molecule has 0 spiro atoms. The molecule has 24 heavy (non-hydrogen) atoms. The summed E-state index contributed by atoms with van der Waals surface area (Å²) in [6.45, 7) is 0. The predicted molar refractivity (Wildman–Crippen MR) is 95.1 cm³/mol. The average molecular weight is 324 g/mol. The van der Waals surface area contributed by atoms with Crippen molar-refractivity contribution < 1.29 is 14.2 Å². The molecule has 0 unspecified atom stereocenters. The topological polar surface area (TPSA) is 66.6 Å². The SMILES string of the molecule is COc1cccc(OC)c1Cc1cc2cccc(OC)c2nc1N. The third-order valence-electron chi connectivity index (χ3n) is 4.04. The highest BCUT2D eigenvalue weighted by Gasteiger charge is 2.14. The van der Waals surface area contributed by atoms with Gasteiger partial charge in [-0.15, -0.1) is 0 Å². The first kappa shape index (κ1) is 15.9. The van der Waals surface area contributed by atoms with E-state index in [0.717, 1.165) is 33.5 Å². The van der Waals surface area contributed by atoms with Crippen LogP contribution in [0.4, 0.5) is 5.82 Å². The van der Waals surface area contributed by atoms with Gasteiger partial charge in [-0.05, 0) is 29.8 Å². The molecule has 0 saturated heterocycles. The number of nitrogens with two attached hydrogens (primary N) is 1. The average Bonchev–Trinajstić information content (AvgIpc) is 2.62. The smallest absolute Gasteiger partial charge is 0.145 e. The largest absolute Gasteiger partial charge is 0.496 e. The van der Waals surface area contributed by atoms with E-state index in [0.29, 0.717) is 18.0 Å². The van der Waals surface area contributed by atoms with Crippen molar-refractivity contribution in [3.63, 3.8) is 0 Å². The Labute approximate surface area is 141 Å². The monoisotopic (exact) mass is 324 g/mol. The second-order valence-corrected chi connectivity index (χ2v) is 5.38. The Kier molecular flexibility index (Phi) is 4.42. The van der Waals surface area contributed by atoms with Crippen LogP contribution >= 0.6 is 0 Å². The Morgan fingerprint density at radius 1 is 0.875 bits per heavy atom. The Bertz CT molecular complexity index is 856. The quantitative estimate of drug-likeness (QED) is 0.779. The van der Waals surface area contributed by atoms with Crippen LogP contribution in [0.1, 0.15) is 11.1 Å². The lowest BCUT2D eigenvalue weighted by atomic mass is 10.0. The fraction of sp³-hybridized carbons (Fsp3) is 0.211. The number of ether oxygens (including phenoxy) is 3. The molecule has 3 rings (SSSR count). The number of anilines is 1. The van der Waals surface area contributed by atoms with E-state index in [1.807, 2.05) is 42.5 Å². The number of rotatable bonds is 5. The second kappa shape index (κ2) is 6.66. The van der Waals surface area contributed by atoms with Crippen LogP contribution in [0.2, 0.25) is 0 Å². The molecule has 0 atom stereocenters. The van der Waals surface area contributed by atoms with Gasteiger partial charge < -0.3 is 19.9 Å². The zero-order valence-electron chi connectivity index (χ0n) is 14.0. The first-order valence-corrected chi connectivity index (χ1v) is 7.60. The number of aromatic nitrogens is 1. The Morgan fingerprint density at radius 2 is 1.46 bits per heavy atom. The summed E-state index contributed by atoms with van der Waals surface area (Å²) in [7, 11) is 4.91. The van der Waals surface area contributed by atoms with E-state index in [1.54, 1.807) is 21.3 Å². The molecule has 0 radical (unpaired) electrons. The van der Waals surface area contributed by atoms with Crippen molar-refractivity contribution in [2.24, 2.45) is 0 Å². The summed E-state index contributed by atoms with van der Waals surface area (Å²) in [4.78, 5) is 4.52. The van der Waals surface area contributed by atoms with Crippen LogP contribution < -0.4 is 19.9 Å². The first-order valence-electron chi connectivity index (χ1n) is 7.60. The van der Waals surface area contributed by atoms with E-state index in [2.05, 4.69) is 4.98 Å². The van der Waals surface area contributed by atoms with Crippen LogP contribution in [0, 0.1) is 0 Å². The van der Waals surface area contributed by atoms with Crippen molar-refractivity contribution in [3.05, 3.63) is 53.6 Å². The van der Waals surface area contributed by atoms with Gasteiger partial charge in [0.15, 0.2) is 0 Å². The summed E-state index contributed by atoms with van der Waals surface area (Å²) in [6.07, 6.45) is 0.569. The minimum absolute atomic E-state index is 0.472. The zero-order chi connectivity index (χ0) is 17.1. The van der Waals surface area contributed by atoms with E-state index in [9.17, 15) is 0 Å². The van der Waals surface area contributed by atoms with Gasteiger partial charge in [0.05, 0.1) is 21.3 Å². The van der Waals surface area contributed by atoms with Gasteiger partial charge in [-0.3, -0.25) is 0 Å². The summed E-state index contributed by atoms with van der Waals surface area (Å²) in [5.41, 5.74) is 8.81. The standard InChI is InChI=1S/C19H20N2O3/c1-22-15-7-5-8-16(23-2)14(15)11-13-10-12-6-4-9-17(24-3)18(12)21-19(13)20/h4-10H,11H2,1-3H3,(H2,20,21). The van der Waals surface area contributed by atoms with E-state index in [1.165, 1.54) is 0 Å². The van der Waals surface area contributed by atoms with Crippen molar-refractivity contribution in [2.75, 3.05) is 27.1 Å². The predicted octanol–water partition coefficient (Wildman–Crippen LogP) is 3.43. The molecule has 3 aromatic rings. The highest BCUT2D eigenvalue weighted by molar-refractivity contribution is 5.86. The van der Waals surface area contributed by atoms with Crippen LogP contribution in [-0.4, -0.2) is 26.3 Å². The van der Waals surface area contributed by atoms with Crippen molar-refractivity contribution in [1.29, 1.82) is 0 Å². The summed E-state index contributed by atoms with van der Waals surface area (Å²) in [6, 6.07) is 13.6. The van der Waals surface area contributed by atoms with Crippen LogP contribution in [0.3, 0.4) is 0 Å². The highest BCUT2D eigenvalue weighted by Crippen LogP contribution is 2.33. The number of nitrogens with zero attached hydrogens (tertiary/aromatic N) is 1. The van der Waals surface area contributed by atoms with Crippen LogP contribution in [0.5, 0.6) is 17.2 Å². The maximum absolute atomic E-state index is 6.19. The first-order chi connectivity index (χ1) is 11.7. The lowest BCUT2D eigenvalue weighted by molar-refractivity contribution is 0.387. The van der Waals surface area contributed by atoms with Gasteiger partial charge in [-0.1, -0.05) is 18.2 Å². The molecule has 0 aliphatic heterocycles. The number of para-hydroxylation sites is 1. The molecule has 0 aliphatic carbocycles. The van der Waals surface area contributed by atoms with Gasteiger partial charge in [0.2, 0.25) is 0 Å². The number of hydrogen-bond donors (Lipinski definition) is 1. The summed E-state index contributed by atoms with van der Waals surface area (Å²) < 4.78 is 16.3. The molecule has 124 valence electrons. The van der Waals surface area contributed by atoms with Crippen molar-refractivity contribution >= 4 is 16.7 Å². The van der Waals surface area contributed by atoms with Gasteiger partial charge in [0.1, 0.15) is 28.6 Å². The van der Waals surface area contributed by atoms with E-state index < -0.39 is 0 Å². The van der Waals surface area contributed by atoms with Gasteiger partial charge in [-0.25, -0.2) is 4.98 Å². The fourth-order valence-electron chi connectivity index (χ4n) is 2.83. The molecule has 0 fully saturated rings. The summed E-state index contributed by atoms with van der Waals surface area (Å²) in [5.74, 6) is 2.71. The van der Waals surface area contributed by atoms with E-state index >= 15 is 0 Å². The molecular formula is C19H20N2O3. The Hall–Kier alpha value is -2.95. The van der Waals surface area contributed by atoms with Crippen LogP contribution in [-0.2, 0) is 6.42 Å². The van der Waals surface area contributed by atoms with Gasteiger partial charge in [0, 0.05) is 17.4 Å². The normalized spacial score (nSPS) is 10.6. The van der Waals surface area contributed by atoms with Crippen molar-refractivity contribution in [3.8, 4) is 17.2 Å². The lowest BCUT2D eigenvalue weighted by Gasteiger charge is -2.14. The van der Waals surface area contributed by atoms with Gasteiger partial charge in [-0.2, -0.15) is 0 Å². The summed E-state index contributed by atoms with van der Waals surface area (Å²) in [5, 5.41) is 0.979. The number of methoxy groups -OCH3 is 3. The second-order valence-electron chi connectivity index (χ2n) is 5.38. The van der Waals surface area contributed by atoms with Crippen molar-refractivity contribution in [2.45, 2.75) is 6.42 Å².